The summed E-state index contributed by atoms with van der Waals surface area (Å²) >= 11 is 0. The number of hydrogen-bond acceptors (Lipinski definition) is 6. The van der Waals surface area contributed by atoms with Gasteiger partial charge in [0, 0.05) is 25.0 Å². The molecule has 0 aliphatic carbocycles. The first-order valence-electron chi connectivity index (χ1n) is 10.1. The summed E-state index contributed by atoms with van der Waals surface area (Å²) in [5, 5.41) is 3.56. The molecule has 1 amide bonds. The van der Waals surface area contributed by atoms with Gasteiger partial charge in [-0.3, -0.25) is 9.78 Å². The van der Waals surface area contributed by atoms with Gasteiger partial charge in [-0.05, 0) is 39.3 Å². The molecule has 0 aliphatic rings. The van der Waals surface area contributed by atoms with Crippen LogP contribution >= 0.6 is 7.14 Å². The van der Waals surface area contributed by atoms with Crippen LogP contribution in [0.2, 0.25) is 0 Å². The molecule has 0 aliphatic heterocycles. The third-order valence-electron chi connectivity index (χ3n) is 5.09. The third-order valence-corrected chi connectivity index (χ3v) is 6.44. The lowest BCUT2D eigenvalue weighted by Crippen LogP contribution is -2.38. The standard InChI is InChI=1S/C22H25F3N5O2P/c1-12(14-8-7-9-16(19(14)23)22(24,25)21(31)30(3)4)27-20-15-10-18(33(5,6)32)26-11-17(15)28-13(2)29-20/h7-12H,1-6H3,(H,27,28,29). The van der Waals surface area contributed by atoms with E-state index in [2.05, 4.69) is 20.3 Å². The van der Waals surface area contributed by atoms with Crippen LogP contribution in [0, 0.1) is 12.7 Å². The average molecular weight is 479 g/mol. The largest absolute Gasteiger partial charge is 0.363 e. The lowest BCUT2D eigenvalue weighted by atomic mass is 9.99. The number of hydrogen-bond donors (Lipinski definition) is 1. The van der Waals surface area contributed by atoms with E-state index in [0.717, 1.165) is 11.0 Å². The highest BCUT2D eigenvalue weighted by atomic mass is 31.2. The van der Waals surface area contributed by atoms with E-state index in [1.807, 2.05) is 0 Å². The van der Waals surface area contributed by atoms with E-state index in [1.54, 1.807) is 33.2 Å². The Labute approximate surface area is 189 Å². The molecule has 33 heavy (non-hydrogen) atoms. The second-order valence-electron chi connectivity index (χ2n) is 8.38. The Morgan fingerprint density at radius 3 is 2.48 bits per heavy atom. The molecule has 3 rings (SSSR count). The van der Waals surface area contributed by atoms with Crippen LogP contribution in [0.1, 0.15) is 29.9 Å². The van der Waals surface area contributed by atoms with Crippen molar-refractivity contribution in [1.82, 2.24) is 19.9 Å². The summed E-state index contributed by atoms with van der Waals surface area (Å²) in [7, 11) is -0.311. The summed E-state index contributed by atoms with van der Waals surface area (Å²) in [4.78, 5) is 25.6. The van der Waals surface area contributed by atoms with Gasteiger partial charge >= 0.3 is 5.92 Å². The van der Waals surface area contributed by atoms with Crippen LogP contribution in [-0.2, 0) is 15.3 Å². The van der Waals surface area contributed by atoms with Crippen LogP contribution in [-0.4, -0.2) is 53.2 Å². The quantitative estimate of drug-likeness (QED) is 0.537. The molecule has 0 radical (unpaired) electrons. The van der Waals surface area contributed by atoms with Gasteiger partial charge in [0.1, 0.15) is 30.0 Å². The monoisotopic (exact) mass is 479 g/mol. The molecule has 1 aromatic carbocycles. The summed E-state index contributed by atoms with van der Waals surface area (Å²) in [6.45, 7) is 6.43. The molecule has 1 N–H and O–H groups in total. The zero-order valence-corrected chi connectivity index (χ0v) is 20.0. The highest BCUT2D eigenvalue weighted by Crippen LogP contribution is 2.37. The van der Waals surface area contributed by atoms with Gasteiger partial charge in [0.05, 0.1) is 23.3 Å². The number of carbonyl (C=O) groups is 1. The van der Waals surface area contributed by atoms with Crippen molar-refractivity contribution in [3.05, 3.63) is 53.2 Å². The second kappa shape index (κ2) is 8.74. The lowest BCUT2D eigenvalue weighted by Gasteiger charge is -2.23. The summed E-state index contributed by atoms with van der Waals surface area (Å²) in [6.07, 6.45) is 1.49. The second-order valence-corrected chi connectivity index (χ2v) is 11.5. The fourth-order valence-corrected chi connectivity index (χ4v) is 4.12. The van der Waals surface area contributed by atoms with Crippen LogP contribution in [0.25, 0.3) is 10.9 Å². The lowest BCUT2D eigenvalue weighted by molar-refractivity contribution is -0.156. The topological polar surface area (TPSA) is 88.1 Å². The first kappa shape index (κ1) is 24.6. The SMILES string of the molecule is Cc1nc(NC(C)c2cccc(C(F)(F)C(=O)N(C)C)c2F)c2cc(P(C)(C)=O)ncc2n1. The summed E-state index contributed by atoms with van der Waals surface area (Å²) in [5.41, 5.74) is -0.186. The fraction of sp³-hybridized carbons (Fsp3) is 0.364. The number of carbonyl (C=O) groups excluding carboxylic acids is 1. The van der Waals surface area contributed by atoms with Gasteiger partial charge in [0.25, 0.3) is 5.91 Å². The number of alkyl halides is 2. The van der Waals surface area contributed by atoms with E-state index in [0.29, 0.717) is 28.0 Å². The minimum absolute atomic E-state index is 0.0610. The van der Waals surface area contributed by atoms with E-state index in [4.69, 9.17) is 0 Å². The number of pyridine rings is 1. The smallest absolute Gasteiger partial charge is 0.352 e. The molecular weight excluding hydrogens is 454 g/mol. The Balaban J connectivity index is 2.06. The molecule has 2 heterocycles. The molecule has 0 saturated heterocycles. The fourth-order valence-electron chi connectivity index (χ4n) is 3.35. The zero-order valence-electron chi connectivity index (χ0n) is 19.2. The van der Waals surface area contributed by atoms with Crippen molar-refractivity contribution < 1.29 is 22.5 Å². The van der Waals surface area contributed by atoms with Crippen LogP contribution in [0.5, 0.6) is 0 Å². The number of anilines is 1. The maximum absolute atomic E-state index is 15.2. The Morgan fingerprint density at radius 1 is 1.21 bits per heavy atom. The van der Waals surface area contributed by atoms with Crippen LogP contribution in [0.4, 0.5) is 19.0 Å². The van der Waals surface area contributed by atoms with Gasteiger partial charge in [0.15, 0.2) is 0 Å². The summed E-state index contributed by atoms with van der Waals surface area (Å²) in [6, 6.07) is 4.36. The minimum Gasteiger partial charge on any atom is -0.363 e. The highest BCUT2D eigenvalue weighted by molar-refractivity contribution is 7.69. The van der Waals surface area contributed by atoms with Gasteiger partial charge in [-0.25, -0.2) is 14.4 Å². The molecule has 2 aromatic heterocycles. The highest BCUT2D eigenvalue weighted by Gasteiger charge is 2.45. The number of fused-ring (bicyclic) bond motifs is 1. The Kier molecular flexibility index (Phi) is 6.53. The Hall–Kier alpha value is -3.00. The third kappa shape index (κ3) is 4.85. The number of benzene rings is 1. The maximum Gasteiger partial charge on any atom is 0.352 e. The average Bonchev–Trinajstić information content (AvgIpc) is 2.71. The number of aromatic nitrogens is 3. The molecule has 0 fully saturated rings. The normalized spacial score (nSPS) is 13.1. The first-order valence-corrected chi connectivity index (χ1v) is 12.7. The number of halogens is 3. The Morgan fingerprint density at radius 2 is 1.88 bits per heavy atom. The number of rotatable bonds is 6. The van der Waals surface area contributed by atoms with Gasteiger partial charge < -0.3 is 14.8 Å². The number of aryl methyl sites for hydroxylation is 1. The number of amides is 1. The number of likely N-dealkylation sites (N-methyl/N-ethyl adjacent to an activating group) is 1. The van der Waals surface area contributed by atoms with Crippen LogP contribution in [0.15, 0.2) is 30.5 Å². The number of nitrogens with one attached hydrogen (secondary N) is 1. The molecule has 1 unspecified atom stereocenters. The van der Waals surface area contributed by atoms with Gasteiger partial charge in [-0.1, -0.05) is 12.1 Å². The minimum atomic E-state index is -4.02. The van der Waals surface area contributed by atoms with E-state index in [1.165, 1.54) is 32.4 Å². The van der Waals surface area contributed by atoms with Crippen molar-refractivity contribution in [3.63, 3.8) is 0 Å². The van der Waals surface area contributed by atoms with Crippen LogP contribution in [0.3, 0.4) is 0 Å². The van der Waals surface area contributed by atoms with E-state index < -0.39 is 36.4 Å². The van der Waals surface area contributed by atoms with Crippen molar-refractivity contribution in [2.45, 2.75) is 25.8 Å². The molecule has 1 atom stereocenters. The molecular formula is C22H25F3N5O2P. The van der Waals surface area contributed by atoms with Crippen molar-refractivity contribution in [2.24, 2.45) is 0 Å². The predicted octanol–water partition coefficient (Wildman–Crippen LogP) is 4.07. The van der Waals surface area contributed by atoms with Crippen molar-refractivity contribution in [1.29, 1.82) is 0 Å². The van der Waals surface area contributed by atoms with Gasteiger partial charge in [-0.15, -0.1) is 0 Å². The van der Waals surface area contributed by atoms with Gasteiger partial charge in [0.2, 0.25) is 0 Å². The predicted molar refractivity (Wildman–Crippen MR) is 122 cm³/mol. The van der Waals surface area contributed by atoms with E-state index in [9.17, 15) is 18.1 Å². The first-order chi connectivity index (χ1) is 15.2. The van der Waals surface area contributed by atoms with E-state index >= 15 is 4.39 Å². The summed E-state index contributed by atoms with van der Waals surface area (Å²) < 4.78 is 57.0. The van der Waals surface area contributed by atoms with Crippen LogP contribution < -0.4 is 10.8 Å². The van der Waals surface area contributed by atoms with Crippen molar-refractivity contribution >= 4 is 35.2 Å². The molecule has 176 valence electrons. The summed E-state index contributed by atoms with van der Waals surface area (Å²) in [5.74, 6) is -5.98. The maximum atomic E-state index is 15.2. The van der Waals surface area contributed by atoms with Crippen molar-refractivity contribution in [2.75, 3.05) is 32.7 Å². The molecule has 0 bridgehead atoms. The molecule has 3 aromatic rings. The van der Waals surface area contributed by atoms with E-state index in [-0.39, 0.29) is 5.56 Å². The molecule has 7 nitrogen and oxygen atoms in total. The van der Waals surface area contributed by atoms with Crippen molar-refractivity contribution in [3.8, 4) is 0 Å². The molecule has 0 saturated carbocycles. The van der Waals surface area contributed by atoms with Gasteiger partial charge in [-0.2, -0.15) is 8.78 Å². The molecule has 0 spiro atoms. The number of nitrogens with zero attached hydrogens (tertiary/aromatic N) is 4. The molecule has 11 heteroatoms. The zero-order chi connectivity index (χ0) is 24.7. The Bertz CT molecular complexity index is 1280.